The van der Waals surface area contributed by atoms with Gasteiger partial charge >= 0.3 is 72.0 Å². The standard InChI is InChI=1S/3Mg.2O4Si.H2O/c;;;2*1-5(2,3)4;/h;;;;;1H2/q3*+2;2*-4;/p+2. The quantitative estimate of drug-likeness (QED) is 0.386. The van der Waals surface area contributed by atoms with E-state index in [1.807, 2.05) is 0 Å². The van der Waals surface area contributed by atoms with Crippen LogP contribution in [-0.4, -0.2) is 92.7 Å². The van der Waals surface area contributed by atoms with Gasteiger partial charge in [-0.1, -0.05) is 0 Å². The largest absolute Gasteiger partial charge is 2.00 e. The second-order valence-electron chi connectivity index (χ2n) is 1.00. The summed E-state index contributed by atoms with van der Waals surface area (Å²) in [6, 6.07) is 0. The van der Waals surface area contributed by atoms with Crippen LogP contribution in [0.2, 0.25) is 0 Å². The van der Waals surface area contributed by atoms with Gasteiger partial charge in [-0.05, 0) is 0 Å². The fraction of sp³-hybridized carbons (Fsp3) is 0. The van der Waals surface area contributed by atoms with E-state index in [1.54, 1.807) is 0 Å². The van der Waals surface area contributed by atoms with E-state index in [4.69, 9.17) is 38.4 Å². The summed E-state index contributed by atoms with van der Waals surface area (Å²) in [5, 5.41) is 0. The minimum atomic E-state index is -5.61. The molecule has 0 amide bonds. The molecule has 0 atom stereocenters. The molecule has 0 fully saturated rings. The maximum atomic E-state index is 8.58. The Bertz CT molecular complexity index is 69.7. The number of hydrogen-bond acceptors (Lipinski definition) is 8. The van der Waals surface area contributed by atoms with Gasteiger partial charge in [0.1, 0.15) is 0 Å². The molecule has 0 unspecified atom stereocenters. The van der Waals surface area contributed by atoms with Crippen molar-refractivity contribution in [1.29, 1.82) is 0 Å². The molecule has 0 spiro atoms. The Morgan fingerprint density at radius 3 is 0.500 bits per heavy atom. The topological polar surface area (TPSA) is 216 Å². The van der Waals surface area contributed by atoms with Gasteiger partial charge in [0.2, 0.25) is 0 Å². The predicted molar refractivity (Wildman–Crippen MR) is 34.6 cm³/mol. The Morgan fingerprint density at radius 2 is 0.500 bits per heavy atom. The smallest absolute Gasteiger partial charge is 0.894 e. The van der Waals surface area contributed by atoms with Crippen molar-refractivity contribution in [2.75, 3.05) is 0 Å². The zero-order valence-electron chi connectivity index (χ0n) is 8.89. The van der Waals surface area contributed by atoms with Crippen LogP contribution in [0.25, 0.3) is 0 Å². The third-order valence-corrected chi connectivity index (χ3v) is 0. The summed E-state index contributed by atoms with van der Waals surface area (Å²) < 4.78 is 0. The first-order chi connectivity index (χ1) is 4.00. The van der Waals surface area contributed by atoms with E-state index in [1.165, 1.54) is 0 Å². The number of hydrogen-bond donors (Lipinski definition) is 0. The van der Waals surface area contributed by atoms with Crippen molar-refractivity contribution < 1.29 is 46.7 Å². The molecule has 0 radical (unpaired) electrons. The van der Waals surface area contributed by atoms with Crippen LogP contribution in [0.1, 0.15) is 2.85 Å². The second kappa shape index (κ2) is 15.4. The SMILES string of the molecule is O.[H+].[H+].[Mg+2].[Mg+2].[Mg+2].[O-][Si]([O-])([O-])[O-].[O-][Si]([O-])([O-])[O-]. The van der Waals surface area contributed by atoms with Crippen LogP contribution in [0.3, 0.4) is 0 Å². The van der Waals surface area contributed by atoms with E-state index in [0.717, 1.165) is 0 Å². The Balaban J connectivity index is -0.00000000970. The molecule has 0 aromatic rings. The molecule has 0 bridgehead atoms. The zero-order valence-corrected chi connectivity index (χ0v) is 13.1. The monoisotopic (exact) mass is 276 g/mol. The van der Waals surface area contributed by atoms with Crippen molar-refractivity contribution in [3.05, 3.63) is 0 Å². The maximum Gasteiger partial charge on any atom is 2.00 e. The number of rotatable bonds is 0. The average molecular weight is 277 g/mol. The van der Waals surface area contributed by atoms with E-state index in [-0.39, 0.29) is 77.5 Å². The van der Waals surface area contributed by atoms with Crippen LogP contribution in [0.15, 0.2) is 0 Å². The third-order valence-electron chi connectivity index (χ3n) is 0. The Hall–Kier alpha value is 2.37. The molecule has 0 rings (SSSR count). The van der Waals surface area contributed by atoms with Gasteiger partial charge in [0, 0.05) is 0 Å². The summed E-state index contributed by atoms with van der Waals surface area (Å²) in [4.78, 5) is 68.6. The molecule has 14 heteroatoms. The molecule has 14 heavy (non-hydrogen) atoms. The zero-order chi connectivity index (χ0) is 9.00. The van der Waals surface area contributed by atoms with Crippen LogP contribution in [-0.2, 0) is 0 Å². The summed E-state index contributed by atoms with van der Waals surface area (Å²) in [6.07, 6.45) is 0. The Labute approximate surface area is 133 Å². The molecule has 0 aromatic heterocycles. The molecule has 0 aliphatic rings. The van der Waals surface area contributed by atoms with Crippen molar-refractivity contribution in [3.8, 4) is 0 Å². The summed E-state index contributed by atoms with van der Waals surface area (Å²) in [6.45, 7) is 0. The molecule has 0 saturated carbocycles. The van der Waals surface area contributed by atoms with Crippen molar-refractivity contribution in [1.82, 2.24) is 0 Å². The molecular formula is H4Mg3O9Si2. The predicted octanol–water partition coefficient (Wildman–Crippen LogP) is -12.0. The Kier molecular flexibility index (Phi) is 39.5. The van der Waals surface area contributed by atoms with E-state index in [0.29, 0.717) is 0 Å². The van der Waals surface area contributed by atoms with E-state index < -0.39 is 18.1 Å². The van der Waals surface area contributed by atoms with E-state index in [9.17, 15) is 0 Å². The minimum absolute atomic E-state index is 0. The molecule has 72 valence electrons. The first-order valence-corrected chi connectivity index (χ1v) is 4.90. The van der Waals surface area contributed by atoms with Gasteiger partial charge in [-0.3, -0.25) is 0 Å². The van der Waals surface area contributed by atoms with Gasteiger partial charge in [0.15, 0.2) is 0 Å². The molecule has 9 nitrogen and oxygen atoms in total. The van der Waals surface area contributed by atoms with Crippen LogP contribution < -0.4 is 38.4 Å². The molecule has 0 aliphatic carbocycles. The van der Waals surface area contributed by atoms with Crippen molar-refractivity contribution in [2.24, 2.45) is 0 Å². The van der Waals surface area contributed by atoms with Crippen LogP contribution in [0.4, 0.5) is 0 Å². The normalized spacial score (nSPS) is 8.57. The third kappa shape index (κ3) is 457. The molecule has 2 N–H and O–H groups in total. The van der Waals surface area contributed by atoms with Gasteiger partial charge in [0.25, 0.3) is 0 Å². The fourth-order valence-electron chi connectivity index (χ4n) is 0. The van der Waals surface area contributed by atoms with Crippen molar-refractivity contribution in [2.45, 2.75) is 0 Å². The van der Waals surface area contributed by atoms with Gasteiger partial charge < -0.3 is 61.9 Å². The molecule has 0 saturated heterocycles. The molecule has 0 heterocycles. The first-order valence-electron chi connectivity index (χ1n) is 1.63. The minimum Gasteiger partial charge on any atom is -0.894 e. The molecular weight excluding hydrogens is 273 g/mol. The summed E-state index contributed by atoms with van der Waals surface area (Å²) in [5.74, 6) is 0. The van der Waals surface area contributed by atoms with Crippen molar-refractivity contribution >= 4 is 87.3 Å². The van der Waals surface area contributed by atoms with Crippen LogP contribution >= 0.6 is 0 Å². The van der Waals surface area contributed by atoms with Crippen molar-refractivity contribution in [3.63, 3.8) is 0 Å². The van der Waals surface area contributed by atoms with E-state index >= 15 is 0 Å². The summed E-state index contributed by atoms with van der Waals surface area (Å²) in [7, 11) is -11.2. The van der Waals surface area contributed by atoms with Gasteiger partial charge in [-0.25, -0.2) is 0 Å². The molecule has 0 aromatic carbocycles. The Morgan fingerprint density at radius 1 is 0.500 bits per heavy atom. The molecule has 0 aliphatic heterocycles. The average Bonchev–Trinajstić information content (AvgIpc) is 1.12. The summed E-state index contributed by atoms with van der Waals surface area (Å²) in [5.41, 5.74) is 0. The van der Waals surface area contributed by atoms with Crippen LogP contribution in [0, 0.1) is 0 Å². The van der Waals surface area contributed by atoms with Gasteiger partial charge in [0.05, 0.1) is 0 Å². The van der Waals surface area contributed by atoms with E-state index in [2.05, 4.69) is 0 Å². The van der Waals surface area contributed by atoms with Crippen LogP contribution in [0.5, 0.6) is 0 Å². The maximum absolute atomic E-state index is 8.58. The second-order valence-corrected chi connectivity index (χ2v) is 3.00. The fourth-order valence-corrected chi connectivity index (χ4v) is 0. The summed E-state index contributed by atoms with van der Waals surface area (Å²) >= 11 is 0. The van der Waals surface area contributed by atoms with Gasteiger partial charge in [-0.2, -0.15) is 0 Å². The van der Waals surface area contributed by atoms with Gasteiger partial charge in [-0.15, -0.1) is 0 Å². The first kappa shape index (κ1) is 36.0.